The molecule has 1 rings (SSSR count). The van der Waals surface area contributed by atoms with Crippen molar-refractivity contribution in [3.8, 4) is 0 Å². The van der Waals surface area contributed by atoms with Crippen molar-refractivity contribution in [3.63, 3.8) is 0 Å². The Hall–Kier alpha value is -0.143. The summed E-state index contributed by atoms with van der Waals surface area (Å²) in [6.07, 6.45) is 1.62. The van der Waals surface area contributed by atoms with Gasteiger partial charge in [-0.25, -0.2) is 0 Å². The fourth-order valence-corrected chi connectivity index (χ4v) is 8.45. The summed E-state index contributed by atoms with van der Waals surface area (Å²) in [5.74, 6) is 2.35. The largest absolute Gasteiger partial charge is 0.466 e. The molecule has 14 heavy (non-hydrogen) atoms. The monoisotopic (exact) mass is 230 g/mol. The van der Waals surface area contributed by atoms with E-state index in [1.165, 1.54) is 0 Å². The number of rotatable bonds is 5. The molecule has 0 saturated heterocycles. The van der Waals surface area contributed by atoms with E-state index in [0.29, 0.717) is 13.0 Å². The lowest BCUT2D eigenvalue weighted by molar-refractivity contribution is -0.142. The summed E-state index contributed by atoms with van der Waals surface area (Å²) in [7, 11) is -1.03. The van der Waals surface area contributed by atoms with Gasteiger partial charge in [-0.2, -0.15) is 0 Å². The molecule has 80 valence electrons. The summed E-state index contributed by atoms with van der Waals surface area (Å²) in [6.45, 7) is 9.46. The molecule has 0 radical (unpaired) electrons. The van der Waals surface area contributed by atoms with Gasteiger partial charge in [-0.3, -0.25) is 4.79 Å². The third-order valence-electron chi connectivity index (χ3n) is 2.15. The van der Waals surface area contributed by atoms with Crippen LogP contribution in [-0.2, 0) is 9.53 Å². The predicted octanol–water partition coefficient (Wildman–Crippen LogP) is 3.15. The summed E-state index contributed by atoms with van der Waals surface area (Å²) in [5, 5.41) is 0. The molecule has 0 spiro atoms. The van der Waals surface area contributed by atoms with Gasteiger partial charge in [0.05, 0.1) is 14.7 Å². The van der Waals surface area contributed by atoms with Crippen molar-refractivity contribution >= 4 is 22.0 Å². The van der Waals surface area contributed by atoms with Crippen LogP contribution in [-0.4, -0.2) is 26.8 Å². The molecule has 0 N–H and O–H groups in total. The highest BCUT2D eigenvalue weighted by molar-refractivity contribution is 7.76. The molecule has 0 aliphatic carbocycles. The molecule has 4 heteroatoms. The fourth-order valence-electron chi connectivity index (χ4n) is 1.37. The van der Waals surface area contributed by atoms with Crippen LogP contribution < -0.4 is 0 Å². The third-order valence-corrected chi connectivity index (χ3v) is 8.69. The second kappa shape index (κ2) is 4.58. The molecule has 0 aromatic heterocycles. The first kappa shape index (κ1) is 11.9. The molecule has 0 amide bonds. The molecule has 0 aromatic carbocycles. The minimum atomic E-state index is -1.04. The second-order valence-electron chi connectivity index (χ2n) is 4.51. The number of carbonyl (C=O) groups excluding carboxylic acids is 1. The van der Waals surface area contributed by atoms with Gasteiger partial charge >= 0.3 is 5.97 Å². The van der Waals surface area contributed by atoms with Crippen LogP contribution in [0.2, 0.25) is 19.6 Å². The molecular formula is C10H19O2PSi. The van der Waals surface area contributed by atoms with E-state index in [-0.39, 0.29) is 13.9 Å². The summed E-state index contributed by atoms with van der Waals surface area (Å²) < 4.78 is 4.90. The van der Waals surface area contributed by atoms with E-state index >= 15 is 0 Å². The van der Waals surface area contributed by atoms with E-state index in [2.05, 4.69) is 25.5 Å². The van der Waals surface area contributed by atoms with Crippen LogP contribution in [0.3, 0.4) is 0 Å². The quantitative estimate of drug-likeness (QED) is 0.412. The van der Waals surface area contributed by atoms with Crippen molar-refractivity contribution < 1.29 is 9.53 Å². The fraction of sp³-hybridized carbons (Fsp3) is 0.700. The van der Waals surface area contributed by atoms with E-state index in [0.717, 1.165) is 6.16 Å². The van der Waals surface area contributed by atoms with Crippen molar-refractivity contribution in [2.45, 2.75) is 33.0 Å². The zero-order valence-electron chi connectivity index (χ0n) is 9.46. The highest BCUT2D eigenvalue weighted by atomic mass is 31.1. The highest BCUT2D eigenvalue weighted by Crippen LogP contribution is 2.65. The molecular weight excluding hydrogens is 211 g/mol. The Bertz CT molecular complexity index is 255. The molecule has 0 aromatic rings. The van der Waals surface area contributed by atoms with Crippen molar-refractivity contribution in [1.82, 2.24) is 0 Å². The first-order valence-corrected chi connectivity index (χ1v) is 10.2. The van der Waals surface area contributed by atoms with Crippen LogP contribution in [0.4, 0.5) is 0 Å². The van der Waals surface area contributed by atoms with Crippen molar-refractivity contribution in [2.75, 3.05) is 12.8 Å². The lowest BCUT2D eigenvalue weighted by Crippen LogP contribution is -2.18. The zero-order chi connectivity index (χ0) is 10.8. The van der Waals surface area contributed by atoms with Gasteiger partial charge in [0.15, 0.2) is 0 Å². The number of carbonyl (C=O) groups is 1. The summed E-state index contributed by atoms with van der Waals surface area (Å²) in [6, 6.07) is 0. The van der Waals surface area contributed by atoms with Crippen molar-refractivity contribution in [2.24, 2.45) is 0 Å². The molecule has 0 bridgehead atoms. The van der Waals surface area contributed by atoms with Gasteiger partial charge in [-0.15, -0.1) is 0 Å². The SMILES string of the molecule is CCOC(=O)CCP1C=C1[Si](C)(C)C. The van der Waals surface area contributed by atoms with Gasteiger partial charge < -0.3 is 4.74 Å². The average Bonchev–Trinajstić information content (AvgIpc) is 2.79. The molecule has 1 aliphatic heterocycles. The highest BCUT2D eigenvalue weighted by Gasteiger charge is 2.35. The lowest BCUT2D eigenvalue weighted by Gasteiger charge is -2.13. The van der Waals surface area contributed by atoms with Gasteiger partial charge in [-0.1, -0.05) is 38.3 Å². The number of hydrogen-bond acceptors (Lipinski definition) is 2. The molecule has 1 atom stereocenters. The molecule has 2 nitrogen and oxygen atoms in total. The van der Waals surface area contributed by atoms with Gasteiger partial charge in [0.2, 0.25) is 0 Å². The van der Waals surface area contributed by atoms with Gasteiger partial charge in [-0.05, 0) is 13.1 Å². The summed E-state index contributed by atoms with van der Waals surface area (Å²) in [5.41, 5.74) is 0. The van der Waals surface area contributed by atoms with Crippen molar-refractivity contribution in [1.29, 1.82) is 0 Å². The average molecular weight is 230 g/mol. The maximum absolute atomic E-state index is 11.1. The second-order valence-corrected chi connectivity index (χ2v) is 12.1. The van der Waals surface area contributed by atoms with E-state index in [1.54, 1.807) is 4.94 Å². The van der Waals surface area contributed by atoms with Crippen molar-refractivity contribution in [3.05, 3.63) is 10.8 Å². The maximum Gasteiger partial charge on any atom is 0.306 e. The Morgan fingerprint density at radius 2 is 2.14 bits per heavy atom. The Kier molecular flexibility index (Phi) is 3.91. The minimum absolute atomic E-state index is 0.00737. The Balaban J connectivity index is 2.16. The number of ether oxygens (including phenoxy) is 1. The van der Waals surface area contributed by atoms with Crippen LogP contribution in [0.25, 0.3) is 0 Å². The Morgan fingerprint density at radius 3 is 2.57 bits per heavy atom. The first-order valence-electron chi connectivity index (χ1n) is 5.09. The number of esters is 1. The minimum Gasteiger partial charge on any atom is -0.466 e. The molecule has 1 heterocycles. The standard InChI is InChI=1S/C10H19O2PSi/c1-5-12-9(11)6-7-13-8-10(13)14(2,3)4/h8H,5-7H2,1-4H3. The van der Waals surface area contributed by atoms with Crippen LogP contribution >= 0.6 is 7.92 Å². The summed E-state index contributed by atoms with van der Waals surface area (Å²) in [4.78, 5) is 12.8. The van der Waals surface area contributed by atoms with Crippen LogP contribution in [0, 0.1) is 0 Å². The van der Waals surface area contributed by atoms with E-state index in [9.17, 15) is 4.79 Å². The smallest absolute Gasteiger partial charge is 0.306 e. The summed E-state index contributed by atoms with van der Waals surface area (Å²) >= 11 is 0. The molecule has 1 unspecified atom stereocenters. The number of hydrogen-bond donors (Lipinski definition) is 0. The van der Waals surface area contributed by atoms with Gasteiger partial charge in [0.1, 0.15) is 0 Å². The topological polar surface area (TPSA) is 26.3 Å². The molecule has 0 fully saturated rings. The van der Waals surface area contributed by atoms with Gasteiger partial charge in [0, 0.05) is 6.42 Å². The molecule has 0 saturated carbocycles. The predicted molar refractivity (Wildman–Crippen MR) is 64.5 cm³/mol. The third kappa shape index (κ3) is 3.54. The van der Waals surface area contributed by atoms with Crippen LogP contribution in [0.1, 0.15) is 13.3 Å². The van der Waals surface area contributed by atoms with Gasteiger partial charge in [0.25, 0.3) is 0 Å². The maximum atomic E-state index is 11.1. The lowest BCUT2D eigenvalue weighted by atomic mass is 10.5. The first-order chi connectivity index (χ1) is 6.45. The normalized spacial score (nSPS) is 20.3. The van der Waals surface area contributed by atoms with E-state index < -0.39 is 8.07 Å². The Labute approximate surface area is 88.5 Å². The Morgan fingerprint density at radius 1 is 1.50 bits per heavy atom. The van der Waals surface area contributed by atoms with Crippen LogP contribution in [0.15, 0.2) is 10.8 Å². The molecule has 1 aliphatic rings. The zero-order valence-corrected chi connectivity index (χ0v) is 11.4. The van der Waals surface area contributed by atoms with Crippen LogP contribution in [0.5, 0.6) is 0 Å². The van der Waals surface area contributed by atoms with E-state index in [4.69, 9.17) is 4.74 Å². The van der Waals surface area contributed by atoms with E-state index in [1.807, 2.05) is 6.92 Å².